The highest BCUT2D eigenvalue weighted by molar-refractivity contribution is 6.30. The molecule has 1 aromatic heterocycles. The molecule has 1 unspecified atom stereocenters. The quantitative estimate of drug-likeness (QED) is 0.914. The van der Waals surface area contributed by atoms with Crippen molar-refractivity contribution in [1.82, 2.24) is 4.98 Å². The number of rotatable bonds is 5. The van der Waals surface area contributed by atoms with Crippen molar-refractivity contribution in [2.24, 2.45) is 0 Å². The predicted octanol–water partition coefficient (Wildman–Crippen LogP) is 2.89. The van der Waals surface area contributed by atoms with Crippen LogP contribution in [0.15, 0.2) is 42.7 Å². The molecule has 0 aliphatic carbocycles. The van der Waals surface area contributed by atoms with Gasteiger partial charge in [-0.15, -0.1) is 0 Å². The third-order valence-corrected chi connectivity index (χ3v) is 3.13. The van der Waals surface area contributed by atoms with Crippen molar-refractivity contribution in [1.29, 1.82) is 0 Å². The third kappa shape index (κ3) is 3.94. The highest BCUT2D eigenvalue weighted by Gasteiger charge is 2.11. The zero-order valence-corrected chi connectivity index (χ0v) is 11.5. The molecule has 0 spiro atoms. The molecule has 1 atom stereocenters. The lowest BCUT2D eigenvalue weighted by Gasteiger charge is -2.13. The van der Waals surface area contributed by atoms with E-state index in [2.05, 4.69) is 4.98 Å². The van der Waals surface area contributed by atoms with E-state index < -0.39 is 6.10 Å². The van der Waals surface area contributed by atoms with E-state index in [1.807, 2.05) is 24.3 Å². The lowest BCUT2D eigenvalue weighted by molar-refractivity contribution is 0.174. The largest absolute Gasteiger partial charge is 0.496 e. The zero-order chi connectivity index (χ0) is 13.7. The first-order chi connectivity index (χ1) is 9.19. The number of aromatic nitrogens is 1. The SMILES string of the molecule is COc1ccc(Cl)cc1CC(O)Cc1cccnc1. The lowest BCUT2D eigenvalue weighted by atomic mass is 10.0. The first kappa shape index (κ1) is 13.8. The summed E-state index contributed by atoms with van der Waals surface area (Å²) < 4.78 is 5.27. The van der Waals surface area contributed by atoms with Gasteiger partial charge in [-0.1, -0.05) is 17.7 Å². The molecule has 100 valence electrons. The fraction of sp³-hybridized carbons (Fsp3) is 0.267. The highest BCUT2D eigenvalue weighted by atomic mass is 35.5. The van der Waals surface area contributed by atoms with Crippen molar-refractivity contribution in [3.63, 3.8) is 0 Å². The molecule has 0 aliphatic heterocycles. The van der Waals surface area contributed by atoms with Crippen LogP contribution in [0, 0.1) is 0 Å². The van der Waals surface area contributed by atoms with Crippen LogP contribution in [0.2, 0.25) is 5.02 Å². The van der Waals surface area contributed by atoms with E-state index in [0.717, 1.165) is 16.9 Å². The fourth-order valence-corrected chi connectivity index (χ4v) is 2.22. The molecule has 0 saturated carbocycles. The average Bonchev–Trinajstić information content (AvgIpc) is 2.40. The standard InChI is InChI=1S/C15H16ClNO2/c1-19-15-5-4-13(16)8-12(15)9-14(18)7-11-3-2-6-17-10-11/h2-6,8,10,14,18H,7,9H2,1H3. The first-order valence-corrected chi connectivity index (χ1v) is 6.46. The van der Waals surface area contributed by atoms with Crippen LogP contribution in [0.3, 0.4) is 0 Å². The molecule has 1 aromatic carbocycles. The summed E-state index contributed by atoms with van der Waals surface area (Å²) in [6, 6.07) is 9.23. The summed E-state index contributed by atoms with van der Waals surface area (Å²) >= 11 is 5.97. The molecule has 2 aromatic rings. The van der Waals surface area contributed by atoms with Crippen LogP contribution in [0.5, 0.6) is 5.75 Å². The zero-order valence-electron chi connectivity index (χ0n) is 10.7. The number of pyridine rings is 1. The highest BCUT2D eigenvalue weighted by Crippen LogP contribution is 2.24. The van der Waals surface area contributed by atoms with Crippen molar-refractivity contribution >= 4 is 11.6 Å². The summed E-state index contributed by atoms with van der Waals surface area (Å²) in [7, 11) is 1.61. The molecule has 19 heavy (non-hydrogen) atoms. The van der Waals surface area contributed by atoms with Crippen LogP contribution < -0.4 is 4.74 Å². The number of aliphatic hydroxyl groups is 1. The number of ether oxygens (including phenoxy) is 1. The minimum Gasteiger partial charge on any atom is -0.496 e. The van der Waals surface area contributed by atoms with Crippen molar-refractivity contribution in [2.75, 3.05) is 7.11 Å². The van der Waals surface area contributed by atoms with Crippen molar-refractivity contribution in [3.05, 3.63) is 58.9 Å². The van der Waals surface area contributed by atoms with Crippen molar-refractivity contribution < 1.29 is 9.84 Å². The normalized spacial score (nSPS) is 12.2. The Hall–Kier alpha value is -1.58. The minimum absolute atomic E-state index is 0.489. The smallest absolute Gasteiger partial charge is 0.122 e. The van der Waals surface area contributed by atoms with Gasteiger partial charge in [-0.3, -0.25) is 4.98 Å². The summed E-state index contributed by atoms with van der Waals surface area (Å²) in [6.45, 7) is 0. The number of hydrogen-bond donors (Lipinski definition) is 1. The Morgan fingerprint density at radius 1 is 1.32 bits per heavy atom. The van der Waals surface area contributed by atoms with E-state index in [1.165, 1.54) is 0 Å². The Kier molecular flexibility index (Phi) is 4.77. The number of halogens is 1. The van der Waals surface area contributed by atoms with E-state index in [0.29, 0.717) is 17.9 Å². The number of benzene rings is 1. The Bertz CT molecular complexity index is 531. The number of aliphatic hydroxyl groups excluding tert-OH is 1. The summed E-state index contributed by atoms with van der Waals surface area (Å²) in [5.41, 5.74) is 1.92. The van der Waals surface area contributed by atoms with Crippen LogP contribution in [0.1, 0.15) is 11.1 Å². The monoisotopic (exact) mass is 277 g/mol. The molecule has 4 heteroatoms. The van der Waals surface area contributed by atoms with E-state index >= 15 is 0 Å². The molecule has 0 bridgehead atoms. The molecular formula is C15H16ClNO2. The van der Waals surface area contributed by atoms with Gasteiger partial charge in [0.1, 0.15) is 5.75 Å². The number of hydrogen-bond acceptors (Lipinski definition) is 3. The molecular weight excluding hydrogens is 262 g/mol. The topological polar surface area (TPSA) is 42.4 Å². The molecule has 1 heterocycles. The summed E-state index contributed by atoms with van der Waals surface area (Å²) in [6.07, 6.45) is 4.05. The van der Waals surface area contributed by atoms with Gasteiger partial charge in [-0.2, -0.15) is 0 Å². The molecule has 0 fully saturated rings. The molecule has 1 N–H and O–H groups in total. The molecule has 3 nitrogen and oxygen atoms in total. The van der Waals surface area contributed by atoms with Crippen molar-refractivity contribution in [3.8, 4) is 5.75 Å². The van der Waals surface area contributed by atoms with Gasteiger partial charge < -0.3 is 9.84 Å². The van der Waals surface area contributed by atoms with Gasteiger partial charge in [0, 0.05) is 30.3 Å². The summed E-state index contributed by atoms with van der Waals surface area (Å²) in [5, 5.41) is 10.8. The maximum atomic E-state index is 10.1. The van der Waals surface area contributed by atoms with E-state index in [-0.39, 0.29) is 0 Å². The minimum atomic E-state index is -0.489. The van der Waals surface area contributed by atoms with Gasteiger partial charge in [-0.25, -0.2) is 0 Å². The Balaban J connectivity index is 2.06. The summed E-state index contributed by atoms with van der Waals surface area (Å²) in [5.74, 6) is 0.745. The Morgan fingerprint density at radius 3 is 2.84 bits per heavy atom. The van der Waals surface area contributed by atoms with E-state index in [9.17, 15) is 5.11 Å². The third-order valence-electron chi connectivity index (χ3n) is 2.89. The molecule has 0 amide bonds. The second-order valence-corrected chi connectivity index (χ2v) is 4.82. The molecule has 0 aliphatic rings. The second-order valence-electron chi connectivity index (χ2n) is 4.38. The van der Waals surface area contributed by atoms with Gasteiger partial charge in [0.2, 0.25) is 0 Å². The Morgan fingerprint density at radius 2 is 2.16 bits per heavy atom. The second kappa shape index (κ2) is 6.55. The molecule has 0 saturated heterocycles. The van der Waals surface area contributed by atoms with Crippen LogP contribution >= 0.6 is 11.6 Å². The average molecular weight is 278 g/mol. The van der Waals surface area contributed by atoms with Crippen LogP contribution in [-0.2, 0) is 12.8 Å². The van der Waals surface area contributed by atoms with Crippen LogP contribution in [-0.4, -0.2) is 23.3 Å². The fourth-order valence-electron chi connectivity index (χ4n) is 2.02. The van der Waals surface area contributed by atoms with Gasteiger partial charge in [-0.05, 0) is 35.4 Å². The van der Waals surface area contributed by atoms with Gasteiger partial charge in [0.25, 0.3) is 0 Å². The number of nitrogens with zero attached hydrogens (tertiary/aromatic N) is 1. The first-order valence-electron chi connectivity index (χ1n) is 6.08. The molecule has 0 radical (unpaired) electrons. The molecule has 2 rings (SSSR count). The Labute approximate surface area is 117 Å². The van der Waals surface area contributed by atoms with E-state index in [1.54, 1.807) is 25.6 Å². The summed E-state index contributed by atoms with van der Waals surface area (Å²) in [4.78, 5) is 4.04. The van der Waals surface area contributed by atoms with Crippen LogP contribution in [0.25, 0.3) is 0 Å². The lowest BCUT2D eigenvalue weighted by Crippen LogP contribution is -2.14. The number of methoxy groups -OCH3 is 1. The maximum absolute atomic E-state index is 10.1. The van der Waals surface area contributed by atoms with Gasteiger partial charge >= 0.3 is 0 Å². The van der Waals surface area contributed by atoms with Gasteiger partial charge in [0.05, 0.1) is 13.2 Å². The van der Waals surface area contributed by atoms with Crippen molar-refractivity contribution in [2.45, 2.75) is 18.9 Å². The van der Waals surface area contributed by atoms with Gasteiger partial charge in [0.15, 0.2) is 0 Å². The van der Waals surface area contributed by atoms with Crippen LogP contribution in [0.4, 0.5) is 0 Å². The van der Waals surface area contributed by atoms with E-state index in [4.69, 9.17) is 16.3 Å². The maximum Gasteiger partial charge on any atom is 0.122 e. The predicted molar refractivity (Wildman–Crippen MR) is 75.7 cm³/mol.